The molecular formula is C127H76N8O3. The molecule has 0 fully saturated rings. The molecular weight excluding hydrogens is 1690 g/mol. The van der Waals surface area contributed by atoms with Crippen LogP contribution >= 0.6 is 0 Å². The van der Waals surface area contributed by atoms with Crippen LogP contribution in [0.1, 0.15) is 0 Å². The standard InChI is InChI=1S/C45H27N3O.C43H26N2O.C39H23N3O/c1-3-11-28(12-4-1)29-19-21-31(22-20-29)43-34-15-7-9-17-37(34)47-45(48-43)32-23-24-33-38(27-32)46-44(30-13-5-2-6-14-30)36-25-26-40-42(41(33)36)35-16-8-10-18-39(35)49-40;1-2-12-27(13-3-1)43-34-24-25-40-42(33-17-7-11-21-39(33)46-40)41(34)32-23-22-28(26-35(32)44-43)29-14-4-8-18-36(29)45-37-19-9-5-15-30(37)31-16-6-10-20-38(31)45;1-3-11-24(12-4-1)37-30-21-22-34-36(29-16-8-10-18-33(29)43-34)35(30)27-20-19-26(23-32(27)40-37)38-28-15-7-9-17-31(28)41-39(42-38)25-13-5-2-6-14-25/h1-27H;1-26H;1-23H. The third-order valence-electron chi connectivity index (χ3n) is 27.1. The summed E-state index contributed by atoms with van der Waals surface area (Å²) in [5.74, 6) is 1.37. The minimum absolute atomic E-state index is 0.665. The minimum Gasteiger partial charge on any atom is -0.456 e. The minimum atomic E-state index is 0.665. The zero-order valence-electron chi connectivity index (χ0n) is 74.2. The maximum Gasteiger partial charge on any atom is 0.160 e. The summed E-state index contributed by atoms with van der Waals surface area (Å²) >= 11 is 0. The summed E-state index contributed by atoms with van der Waals surface area (Å²) in [6, 6.07) is 160. The molecule has 0 saturated carbocycles. The Hall–Kier alpha value is -18.7. The first-order valence-electron chi connectivity index (χ1n) is 46.5. The molecule has 0 atom stereocenters. The molecule has 0 saturated heterocycles. The molecule has 0 aliphatic rings. The number of para-hydroxylation sites is 8. The molecule has 0 unspecified atom stereocenters. The third-order valence-corrected chi connectivity index (χ3v) is 27.1. The van der Waals surface area contributed by atoms with Crippen LogP contribution < -0.4 is 0 Å². The quantitative estimate of drug-likeness (QED) is 0.122. The Morgan fingerprint density at radius 2 is 0.442 bits per heavy atom. The molecule has 0 bridgehead atoms. The molecule has 11 heteroatoms. The summed E-state index contributed by atoms with van der Waals surface area (Å²) in [6.07, 6.45) is 0. The van der Waals surface area contributed by atoms with Crippen LogP contribution in [0, 0.1) is 0 Å². The number of hydrogen-bond acceptors (Lipinski definition) is 10. The Labute approximate surface area is 789 Å². The molecule has 0 amide bonds. The van der Waals surface area contributed by atoms with Crippen LogP contribution in [0.15, 0.2) is 474 Å². The van der Waals surface area contributed by atoms with E-state index in [-0.39, 0.29) is 0 Å². The van der Waals surface area contributed by atoms with Gasteiger partial charge in [-0.25, -0.2) is 34.9 Å². The van der Waals surface area contributed by atoms with Gasteiger partial charge in [0.25, 0.3) is 0 Å². The number of furan rings is 3. The summed E-state index contributed by atoms with van der Waals surface area (Å²) in [5.41, 5.74) is 29.9. The number of pyridine rings is 3. The SMILES string of the molecule is c1ccc(-c2ccc(-c3nc(-c4ccc5c(c4)nc(-c4ccccc4)c4ccc6oc7ccccc7c6c45)nc4ccccc34)cc2)cc1.c1ccc(-c2nc(-c3ccc4c(c3)nc(-c3ccccc3)c3ccc5oc6ccccc6c5c34)c3ccccc3n2)cc1.c1ccc(-c2nc3cc(-c4ccccc4-n4c5ccccc5c5ccccc54)ccc3c3c2ccc2oc4ccccc4c23)cc1. The van der Waals surface area contributed by atoms with E-state index in [1.807, 2.05) is 103 Å². The predicted octanol–water partition coefficient (Wildman–Crippen LogP) is 33.8. The summed E-state index contributed by atoms with van der Waals surface area (Å²) in [5, 5.41) is 21.2. The van der Waals surface area contributed by atoms with E-state index in [9.17, 15) is 0 Å². The molecule has 138 heavy (non-hydrogen) atoms. The number of benzene rings is 20. The van der Waals surface area contributed by atoms with Gasteiger partial charge in [0.15, 0.2) is 11.6 Å². The van der Waals surface area contributed by atoms with Crippen molar-refractivity contribution in [3.8, 4) is 107 Å². The Morgan fingerprint density at radius 3 is 0.891 bits per heavy atom. The average Bonchev–Trinajstić information content (AvgIpc) is 1.48. The van der Waals surface area contributed by atoms with Crippen LogP contribution in [-0.4, -0.2) is 39.5 Å². The van der Waals surface area contributed by atoms with Gasteiger partial charge in [0.1, 0.15) is 33.5 Å². The number of hydrogen-bond donors (Lipinski definition) is 0. The molecule has 0 aliphatic carbocycles. The highest BCUT2D eigenvalue weighted by molar-refractivity contribution is 6.32. The van der Waals surface area contributed by atoms with Crippen molar-refractivity contribution in [3.05, 3.63) is 461 Å². The van der Waals surface area contributed by atoms with Gasteiger partial charge in [-0.15, -0.1) is 0 Å². The van der Waals surface area contributed by atoms with Gasteiger partial charge in [-0.2, -0.15) is 0 Å². The van der Waals surface area contributed by atoms with Crippen molar-refractivity contribution in [1.82, 2.24) is 39.5 Å². The maximum atomic E-state index is 6.35. The molecule has 9 heterocycles. The van der Waals surface area contributed by atoms with Gasteiger partial charge >= 0.3 is 0 Å². The van der Waals surface area contributed by atoms with Crippen molar-refractivity contribution in [2.45, 2.75) is 0 Å². The molecule has 0 aliphatic heterocycles. The second-order valence-electron chi connectivity index (χ2n) is 35.1. The van der Waals surface area contributed by atoms with Crippen molar-refractivity contribution < 1.29 is 13.3 Å². The van der Waals surface area contributed by atoms with Crippen LogP contribution in [0.4, 0.5) is 0 Å². The van der Waals surface area contributed by atoms with Crippen molar-refractivity contribution in [3.63, 3.8) is 0 Å². The lowest BCUT2D eigenvalue weighted by atomic mass is 9.94. The Bertz CT molecular complexity index is 9920. The second kappa shape index (κ2) is 32.6. The molecule has 0 N–H and O–H groups in total. The molecule has 20 aromatic carbocycles. The van der Waals surface area contributed by atoms with E-state index in [2.05, 4.69) is 362 Å². The zero-order valence-corrected chi connectivity index (χ0v) is 74.2. The van der Waals surface area contributed by atoms with Crippen LogP contribution in [0.5, 0.6) is 0 Å². The molecule has 29 aromatic rings. The predicted molar refractivity (Wildman–Crippen MR) is 569 cm³/mol. The summed E-state index contributed by atoms with van der Waals surface area (Å²) in [7, 11) is 0. The molecule has 642 valence electrons. The highest BCUT2D eigenvalue weighted by Crippen LogP contribution is 2.49. The topological polar surface area (TPSA) is 135 Å². The van der Waals surface area contributed by atoms with E-state index in [1.54, 1.807) is 0 Å². The normalized spacial score (nSPS) is 11.8. The zero-order chi connectivity index (χ0) is 90.8. The number of aromatic nitrogens is 8. The number of rotatable bonds is 10. The number of fused-ring (bicyclic) bond motifs is 26. The number of nitrogens with zero attached hydrogens (tertiary/aromatic N) is 8. The first kappa shape index (κ1) is 79.1. The summed E-state index contributed by atoms with van der Waals surface area (Å²) < 4.78 is 21.4. The fourth-order valence-electron chi connectivity index (χ4n) is 20.8. The second-order valence-corrected chi connectivity index (χ2v) is 35.1. The van der Waals surface area contributed by atoms with Crippen molar-refractivity contribution in [1.29, 1.82) is 0 Å². The molecule has 0 spiro atoms. The highest BCUT2D eigenvalue weighted by atomic mass is 16.3. The smallest absolute Gasteiger partial charge is 0.160 e. The van der Waals surface area contributed by atoms with Gasteiger partial charge in [-0.3, -0.25) is 0 Å². The third kappa shape index (κ3) is 13.3. The van der Waals surface area contributed by atoms with Crippen LogP contribution in [0.2, 0.25) is 0 Å². The molecule has 9 aromatic heterocycles. The lowest BCUT2D eigenvalue weighted by Crippen LogP contribution is -1.97. The van der Waals surface area contributed by atoms with E-state index < -0.39 is 0 Å². The summed E-state index contributed by atoms with van der Waals surface area (Å²) in [4.78, 5) is 36.4. The fraction of sp³-hybridized carbons (Fsp3) is 0. The lowest BCUT2D eigenvalue weighted by Gasteiger charge is -2.16. The van der Waals surface area contributed by atoms with Gasteiger partial charge in [0, 0.05) is 147 Å². The monoisotopic (exact) mass is 1760 g/mol. The van der Waals surface area contributed by atoms with Gasteiger partial charge < -0.3 is 17.8 Å². The van der Waals surface area contributed by atoms with Gasteiger partial charge in [-0.05, 0) is 120 Å². The molecule has 11 nitrogen and oxygen atoms in total. The van der Waals surface area contributed by atoms with Gasteiger partial charge in [0.05, 0.1) is 72.8 Å². The van der Waals surface area contributed by atoms with Gasteiger partial charge in [-0.1, -0.05) is 358 Å². The van der Waals surface area contributed by atoms with E-state index in [0.717, 1.165) is 231 Å². The van der Waals surface area contributed by atoms with Crippen LogP contribution in [-0.2, 0) is 0 Å². The first-order valence-corrected chi connectivity index (χ1v) is 46.5. The van der Waals surface area contributed by atoms with Crippen LogP contribution in [0.25, 0.3) is 281 Å². The van der Waals surface area contributed by atoms with Gasteiger partial charge in [0.2, 0.25) is 0 Å². The van der Waals surface area contributed by atoms with E-state index in [0.29, 0.717) is 11.6 Å². The molecule has 0 radical (unpaired) electrons. The summed E-state index contributed by atoms with van der Waals surface area (Å²) in [6.45, 7) is 0. The van der Waals surface area contributed by atoms with Crippen molar-refractivity contribution in [2.75, 3.05) is 0 Å². The Kier molecular flexibility index (Phi) is 18.7. The largest absolute Gasteiger partial charge is 0.456 e. The molecule has 29 rings (SSSR count). The van der Waals surface area contributed by atoms with E-state index >= 15 is 0 Å². The average molecular weight is 1760 g/mol. The lowest BCUT2D eigenvalue weighted by molar-refractivity contribution is 0.669. The van der Waals surface area contributed by atoms with Crippen molar-refractivity contribution in [2.24, 2.45) is 0 Å². The van der Waals surface area contributed by atoms with Crippen LogP contribution in [0.3, 0.4) is 0 Å². The van der Waals surface area contributed by atoms with Crippen molar-refractivity contribution >= 4 is 174 Å². The van der Waals surface area contributed by atoms with E-state index in [1.165, 1.54) is 38.3 Å². The van der Waals surface area contributed by atoms with E-state index in [4.69, 9.17) is 48.1 Å². The first-order chi connectivity index (χ1) is 68.4. The fourth-order valence-corrected chi connectivity index (χ4v) is 20.8. The maximum absolute atomic E-state index is 6.35. The Balaban J connectivity index is 0.000000105. The Morgan fingerprint density at radius 1 is 0.152 bits per heavy atom. The highest BCUT2D eigenvalue weighted by Gasteiger charge is 2.26.